The lowest BCUT2D eigenvalue weighted by atomic mass is 9.86. The third-order valence-corrected chi connectivity index (χ3v) is 5.35. The molecule has 1 aromatic heterocycles. The molecule has 3 aliphatic rings. The first-order valence-electron chi connectivity index (χ1n) is 8.00. The van der Waals surface area contributed by atoms with Crippen LogP contribution in [0.2, 0.25) is 0 Å². The average Bonchev–Trinajstić information content (AvgIpc) is 3.18. The van der Waals surface area contributed by atoms with Gasteiger partial charge in [-0.25, -0.2) is 4.98 Å². The molecule has 1 aromatic rings. The summed E-state index contributed by atoms with van der Waals surface area (Å²) in [7, 11) is 0. The molecule has 6 nitrogen and oxygen atoms in total. The fourth-order valence-electron chi connectivity index (χ4n) is 3.80. The molecule has 3 heterocycles. The zero-order valence-corrected chi connectivity index (χ0v) is 12.9. The second kappa shape index (κ2) is 4.79. The molecule has 0 unspecified atom stereocenters. The molecule has 1 saturated carbocycles. The number of pyridine rings is 1. The van der Waals surface area contributed by atoms with E-state index in [1.165, 1.54) is 0 Å². The molecule has 4 rings (SSSR count). The standard InChI is InChI=1S/C17H18N4O2/c18-10-17(4-5-17)15(23)20-8-6-16(11-20)9-14(22)21(12-16)13-3-1-2-7-19-13/h1-3,7H,4-6,8-9,11-12H2/t16-/m0/s1. The Morgan fingerprint density at radius 2 is 2.09 bits per heavy atom. The molecular weight excluding hydrogens is 292 g/mol. The Bertz CT molecular complexity index is 707. The van der Waals surface area contributed by atoms with Crippen molar-refractivity contribution in [3.63, 3.8) is 0 Å². The Hall–Kier alpha value is -2.42. The summed E-state index contributed by atoms with van der Waals surface area (Å²) >= 11 is 0. The first-order valence-corrected chi connectivity index (χ1v) is 8.00. The Balaban J connectivity index is 1.50. The van der Waals surface area contributed by atoms with Crippen molar-refractivity contribution in [2.75, 3.05) is 24.5 Å². The van der Waals surface area contributed by atoms with Crippen LogP contribution in [0.4, 0.5) is 5.82 Å². The first kappa shape index (κ1) is 14.2. The number of nitriles is 1. The van der Waals surface area contributed by atoms with E-state index in [1.807, 2.05) is 18.2 Å². The van der Waals surface area contributed by atoms with Gasteiger partial charge < -0.3 is 4.90 Å². The van der Waals surface area contributed by atoms with E-state index in [2.05, 4.69) is 11.1 Å². The van der Waals surface area contributed by atoms with Crippen molar-refractivity contribution in [2.24, 2.45) is 10.8 Å². The Kier molecular flexibility index (Phi) is 2.95. The van der Waals surface area contributed by atoms with Crippen molar-refractivity contribution in [1.29, 1.82) is 5.26 Å². The molecule has 2 saturated heterocycles. The highest BCUT2D eigenvalue weighted by Gasteiger charge is 2.56. The molecular formula is C17H18N4O2. The summed E-state index contributed by atoms with van der Waals surface area (Å²) in [4.78, 5) is 32.7. The number of anilines is 1. The summed E-state index contributed by atoms with van der Waals surface area (Å²) in [6, 6.07) is 7.71. The molecule has 6 heteroatoms. The van der Waals surface area contributed by atoms with Gasteiger partial charge in [-0.2, -0.15) is 5.26 Å². The second-order valence-corrected chi connectivity index (χ2v) is 7.02. The van der Waals surface area contributed by atoms with E-state index in [0.29, 0.717) is 44.7 Å². The zero-order valence-electron chi connectivity index (χ0n) is 12.9. The van der Waals surface area contributed by atoms with Crippen LogP contribution in [0.25, 0.3) is 0 Å². The van der Waals surface area contributed by atoms with Gasteiger partial charge in [0.1, 0.15) is 11.2 Å². The average molecular weight is 310 g/mol. The van der Waals surface area contributed by atoms with Crippen molar-refractivity contribution in [1.82, 2.24) is 9.88 Å². The van der Waals surface area contributed by atoms with E-state index in [-0.39, 0.29) is 17.2 Å². The first-order chi connectivity index (χ1) is 11.1. The number of rotatable bonds is 2. The molecule has 1 spiro atoms. The molecule has 2 amide bonds. The molecule has 23 heavy (non-hydrogen) atoms. The van der Waals surface area contributed by atoms with E-state index in [4.69, 9.17) is 0 Å². The molecule has 1 atom stereocenters. The van der Waals surface area contributed by atoms with Crippen LogP contribution < -0.4 is 4.90 Å². The van der Waals surface area contributed by atoms with Gasteiger partial charge in [0.2, 0.25) is 11.8 Å². The maximum absolute atomic E-state index is 12.5. The fourth-order valence-corrected chi connectivity index (χ4v) is 3.80. The number of hydrogen-bond donors (Lipinski definition) is 0. The summed E-state index contributed by atoms with van der Waals surface area (Å²) in [5, 5.41) is 9.21. The van der Waals surface area contributed by atoms with Crippen LogP contribution in [0.3, 0.4) is 0 Å². The van der Waals surface area contributed by atoms with E-state index < -0.39 is 5.41 Å². The van der Waals surface area contributed by atoms with Crippen molar-refractivity contribution >= 4 is 17.6 Å². The minimum atomic E-state index is -0.769. The van der Waals surface area contributed by atoms with E-state index in [9.17, 15) is 14.9 Å². The highest BCUT2D eigenvalue weighted by molar-refractivity contribution is 5.96. The van der Waals surface area contributed by atoms with E-state index >= 15 is 0 Å². The highest BCUT2D eigenvalue weighted by Crippen LogP contribution is 2.49. The van der Waals surface area contributed by atoms with Gasteiger partial charge in [0.15, 0.2) is 0 Å². The number of aromatic nitrogens is 1. The minimum absolute atomic E-state index is 0.0411. The topological polar surface area (TPSA) is 77.3 Å². The highest BCUT2D eigenvalue weighted by atomic mass is 16.2. The summed E-state index contributed by atoms with van der Waals surface area (Å²) in [5.74, 6) is 0.704. The molecule has 1 aliphatic carbocycles. The Labute approximate surface area is 134 Å². The van der Waals surface area contributed by atoms with Crippen molar-refractivity contribution < 1.29 is 9.59 Å². The molecule has 0 radical (unpaired) electrons. The second-order valence-electron chi connectivity index (χ2n) is 7.02. The smallest absolute Gasteiger partial charge is 0.243 e. The van der Waals surface area contributed by atoms with Crippen LogP contribution >= 0.6 is 0 Å². The van der Waals surface area contributed by atoms with Gasteiger partial charge in [-0.3, -0.25) is 14.5 Å². The molecule has 0 aromatic carbocycles. The predicted molar refractivity (Wildman–Crippen MR) is 82.1 cm³/mol. The van der Waals surface area contributed by atoms with E-state index in [1.54, 1.807) is 16.0 Å². The molecule has 3 fully saturated rings. The quantitative estimate of drug-likeness (QED) is 0.826. The molecule has 0 N–H and O–H groups in total. The van der Waals surface area contributed by atoms with Gasteiger partial charge in [-0.1, -0.05) is 6.07 Å². The summed E-state index contributed by atoms with van der Waals surface area (Å²) in [6.07, 6.45) is 4.29. The molecule has 118 valence electrons. The van der Waals surface area contributed by atoms with Gasteiger partial charge in [-0.15, -0.1) is 0 Å². The zero-order chi connectivity index (χ0) is 16.1. The number of carbonyl (C=O) groups excluding carboxylic acids is 2. The summed E-state index contributed by atoms with van der Waals surface area (Å²) in [5.41, 5.74) is -0.954. The maximum atomic E-state index is 12.5. The number of amides is 2. The van der Waals surface area contributed by atoms with Crippen LogP contribution in [-0.2, 0) is 9.59 Å². The summed E-state index contributed by atoms with van der Waals surface area (Å²) < 4.78 is 0. The predicted octanol–water partition coefficient (Wildman–Crippen LogP) is 1.34. The van der Waals surface area contributed by atoms with E-state index in [0.717, 1.165) is 6.42 Å². The lowest BCUT2D eigenvalue weighted by Crippen LogP contribution is -2.38. The van der Waals surface area contributed by atoms with Crippen LogP contribution in [0.5, 0.6) is 0 Å². The van der Waals surface area contributed by atoms with Gasteiger partial charge >= 0.3 is 0 Å². The fraction of sp³-hybridized carbons (Fsp3) is 0.529. The lowest BCUT2D eigenvalue weighted by Gasteiger charge is -2.24. The number of likely N-dealkylation sites (tertiary alicyclic amines) is 1. The van der Waals surface area contributed by atoms with Crippen LogP contribution in [0, 0.1) is 22.2 Å². The van der Waals surface area contributed by atoms with Crippen LogP contribution in [-0.4, -0.2) is 41.3 Å². The monoisotopic (exact) mass is 310 g/mol. The lowest BCUT2D eigenvalue weighted by molar-refractivity contribution is -0.134. The normalized spacial score (nSPS) is 28.2. The Morgan fingerprint density at radius 3 is 2.74 bits per heavy atom. The maximum Gasteiger partial charge on any atom is 0.243 e. The third-order valence-electron chi connectivity index (χ3n) is 5.35. The number of nitrogens with zero attached hydrogens (tertiary/aromatic N) is 4. The van der Waals surface area contributed by atoms with Gasteiger partial charge in [-0.05, 0) is 31.4 Å². The SMILES string of the molecule is N#CC1(C(=O)N2CC[C@]3(CC(=O)N(c4ccccn4)C3)C2)CC1. The van der Waals surface area contributed by atoms with Crippen molar-refractivity contribution in [2.45, 2.75) is 25.7 Å². The van der Waals surface area contributed by atoms with Crippen molar-refractivity contribution in [3.05, 3.63) is 24.4 Å². The van der Waals surface area contributed by atoms with Gasteiger partial charge in [0, 0.05) is 37.7 Å². The summed E-state index contributed by atoms with van der Waals surface area (Å²) in [6.45, 7) is 1.82. The van der Waals surface area contributed by atoms with Crippen molar-refractivity contribution in [3.8, 4) is 6.07 Å². The third kappa shape index (κ3) is 2.19. The number of hydrogen-bond acceptors (Lipinski definition) is 4. The largest absolute Gasteiger partial charge is 0.341 e. The number of carbonyl (C=O) groups is 2. The molecule has 0 bridgehead atoms. The minimum Gasteiger partial charge on any atom is -0.341 e. The molecule has 2 aliphatic heterocycles. The van der Waals surface area contributed by atoms with Crippen LogP contribution in [0.1, 0.15) is 25.7 Å². The van der Waals surface area contributed by atoms with Gasteiger partial charge in [0.05, 0.1) is 6.07 Å². The Morgan fingerprint density at radius 1 is 1.26 bits per heavy atom. The van der Waals surface area contributed by atoms with Crippen LogP contribution in [0.15, 0.2) is 24.4 Å². The van der Waals surface area contributed by atoms with Gasteiger partial charge in [0.25, 0.3) is 0 Å².